The number of aliphatic hydroxyl groups excluding tert-OH is 1. The van der Waals surface area contributed by atoms with Gasteiger partial charge in [-0.05, 0) is 59.3 Å². The van der Waals surface area contributed by atoms with Crippen LogP contribution in [0.3, 0.4) is 0 Å². The summed E-state index contributed by atoms with van der Waals surface area (Å²) >= 11 is 6.63. The van der Waals surface area contributed by atoms with Crippen LogP contribution >= 0.6 is 31.9 Å². The van der Waals surface area contributed by atoms with E-state index in [4.69, 9.17) is 4.74 Å². The first kappa shape index (κ1) is 18.9. The summed E-state index contributed by atoms with van der Waals surface area (Å²) in [6.45, 7) is 1.74. The largest absolute Gasteiger partial charge is 0.487 e. The van der Waals surface area contributed by atoms with Gasteiger partial charge in [0.05, 0.1) is 21.7 Å². The van der Waals surface area contributed by atoms with Gasteiger partial charge in [0.1, 0.15) is 11.9 Å². The molecule has 0 radical (unpaired) electrons. The van der Waals surface area contributed by atoms with Gasteiger partial charge in [0.25, 0.3) is 0 Å². The molecule has 2 unspecified atom stereocenters. The van der Waals surface area contributed by atoms with Crippen LogP contribution in [0.15, 0.2) is 45.3 Å². The van der Waals surface area contributed by atoms with Crippen LogP contribution in [0.5, 0.6) is 5.75 Å². The lowest BCUT2D eigenvalue weighted by molar-refractivity contribution is -0.187. The Hall–Kier alpha value is -1.90. The zero-order valence-electron chi connectivity index (χ0n) is 13.6. The molecule has 3 rings (SSSR count). The van der Waals surface area contributed by atoms with E-state index < -0.39 is 24.1 Å². The van der Waals surface area contributed by atoms with Gasteiger partial charge in [-0.25, -0.2) is 19.4 Å². The van der Waals surface area contributed by atoms with Crippen molar-refractivity contribution in [3.63, 3.8) is 0 Å². The van der Waals surface area contributed by atoms with Crippen LogP contribution in [-0.4, -0.2) is 29.3 Å². The second-order valence-corrected chi connectivity index (χ2v) is 7.52. The molecular formula is C18H14Br2O6. The fourth-order valence-electron chi connectivity index (χ4n) is 2.51. The molecule has 1 N–H and O–H groups in total. The van der Waals surface area contributed by atoms with Crippen LogP contribution in [0.4, 0.5) is 0 Å². The van der Waals surface area contributed by atoms with Crippen molar-refractivity contribution in [2.24, 2.45) is 0 Å². The van der Waals surface area contributed by atoms with Gasteiger partial charge in [-0.1, -0.05) is 15.9 Å². The topological polar surface area (TPSA) is 82.1 Å². The minimum Gasteiger partial charge on any atom is -0.487 e. The molecule has 0 amide bonds. The van der Waals surface area contributed by atoms with Gasteiger partial charge in [0, 0.05) is 16.5 Å². The molecule has 26 heavy (non-hydrogen) atoms. The number of ether oxygens (including phenoxy) is 1. The zero-order chi connectivity index (χ0) is 18.8. The average molecular weight is 486 g/mol. The van der Waals surface area contributed by atoms with E-state index in [2.05, 4.69) is 41.6 Å². The number of rotatable bonds is 2. The van der Waals surface area contributed by atoms with Crippen LogP contribution in [0.1, 0.15) is 33.2 Å². The Bertz CT molecular complexity index is 850. The number of hydrogen-bond acceptors (Lipinski definition) is 6. The predicted octanol–water partition coefficient (Wildman–Crippen LogP) is 3.82. The SMILES string of the molecule is CC1Oc2c(Br)ccc(C(=O)OOC(=O)c3ccc(Br)cc3)c2CC1O. The van der Waals surface area contributed by atoms with Gasteiger partial charge >= 0.3 is 11.9 Å². The van der Waals surface area contributed by atoms with Crippen molar-refractivity contribution in [3.05, 3.63) is 62.0 Å². The molecule has 0 saturated heterocycles. The van der Waals surface area contributed by atoms with Crippen molar-refractivity contribution in [1.82, 2.24) is 0 Å². The lowest BCUT2D eigenvalue weighted by Crippen LogP contribution is -2.36. The van der Waals surface area contributed by atoms with E-state index in [-0.39, 0.29) is 17.5 Å². The van der Waals surface area contributed by atoms with Crippen LogP contribution in [0.2, 0.25) is 0 Å². The van der Waals surface area contributed by atoms with E-state index in [0.717, 1.165) is 4.47 Å². The van der Waals surface area contributed by atoms with E-state index in [9.17, 15) is 14.7 Å². The number of hydrogen-bond donors (Lipinski definition) is 1. The lowest BCUT2D eigenvalue weighted by Gasteiger charge is -2.29. The molecule has 1 aliphatic heterocycles. The second-order valence-electron chi connectivity index (χ2n) is 5.75. The van der Waals surface area contributed by atoms with Crippen molar-refractivity contribution < 1.29 is 29.2 Å². The molecule has 2 aromatic carbocycles. The summed E-state index contributed by atoms with van der Waals surface area (Å²) in [5, 5.41) is 10.0. The third-order valence-electron chi connectivity index (χ3n) is 3.96. The van der Waals surface area contributed by atoms with E-state index >= 15 is 0 Å². The van der Waals surface area contributed by atoms with Gasteiger partial charge in [0.2, 0.25) is 0 Å². The molecule has 0 spiro atoms. The number of carbonyl (C=O) groups excluding carboxylic acids is 2. The minimum absolute atomic E-state index is 0.165. The van der Waals surface area contributed by atoms with Crippen molar-refractivity contribution in [3.8, 4) is 5.75 Å². The summed E-state index contributed by atoms with van der Waals surface area (Å²) in [6.07, 6.45) is -0.935. The number of carbonyl (C=O) groups is 2. The number of benzene rings is 2. The van der Waals surface area contributed by atoms with E-state index in [0.29, 0.717) is 15.8 Å². The highest BCUT2D eigenvalue weighted by molar-refractivity contribution is 9.10. The van der Waals surface area contributed by atoms with Crippen LogP contribution in [0, 0.1) is 0 Å². The maximum Gasteiger partial charge on any atom is 0.386 e. The van der Waals surface area contributed by atoms with Gasteiger partial charge in [-0.2, -0.15) is 0 Å². The molecular weight excluding hydrogens is 472 g/mol. The Kier molecular flexibility index (Phi) is 5.64. The van der Waals surface area contributed by atoms with Gasteiger partial charge in [-0.15, -0.1) is 0 Å². The summed E-state index contributed by atoms with van der Waals surface area (Å²) in [4.78, 5) is 33.6. The highest BCUT2D eigenvalue weighted by Crippen LogP contribution is 2.37. The maximum atomic E-state index is 12.3. The zero-order valence-corrected chi connectivity index (χ0v) is 16.7. The smallest absolute Gasteiger partial charge is 0.386 e. The van der Waals surface area contributed by atoms with Crippen molar-refractivity contribution >= 4 is 43.8 Å². The number of aliphatic hydroxyl groups is 1. The normalized spacial score (nSPS) is 18.5. The summed E-state index contributed by atoms with van der Waals surface area (Å²) in [7, 11) is 0. The highest BCUT2D eigenvalue weighted by Gasteiger charge is 2.31. The number of halogens is 2. The second kappa shape index (κ2) is 7.77. The van der Waals surface area contributed by atoms with Crippen LogP contribution in [-0.2, 0) is 16.2 Å². The standard InChI is InChI=1S/C18H14Br2O6/c1-9-15(21)8-13-12(6-7-14(20)16(13)24-9)18(23)26-25-17(22)10-2-4-11(19)5-3-10/h2-7,9,15,21H,8H2,1H3. The third-order valence-corrected chi connectivity index (χ3v) is 5.12. The molecule has 0 aromatic heterocycles. The minimum atomic E-state index is -0.843. The van der Waals surface area contributed by atoms with E-state index in [1.165, 1.54) is 18.2 Å². The lowest BCUT2D eigenvalue weighted by atomic mass is 9.95. The molecule has 136 valence electrons. The molecule has 2 aromatic rings. The first-order valence-corrected chi connectivity index (χ1v) is 9.30. The van der Waals surface area contributed by atoms with Gasteiger partial charge < -0.3 is 9.84 Å². The summed E-state index contributed by atoms with van der Waals surface area (Å²) in [5.41, 5.74) is 0.902. The molecule has 0 fully saturated rings. The fourth-order valence-corrected chi connectivity index (χ4v) is 3.24. The Morgan fingerprint density at radius 2 is 1.73 bits per heavy atom. The van der Waals surface area contributed by atoms with Crippen LogP contribution < -0.4 is 4.74 Å². The highest BCUT2D eigenvalue weighted by atomic mass is 79.9. The van der Waals surface area contributed by atoms with E-state index in [1.807, 2.05) is 0 Å². The monoisotopic (exact) mass is 484 g/mol. The maximum absolute atomic E-state index is 12.3. The molecule has 1 heterocycles. The summed E-state index contributed by atoms with van der Waals surface area (Å²) < 4.78 is 7.12. The Labute approximate surface area is 166 Å². The molecule has 2 atom stereocenters. The molecule has 0 aliphatic carbocycles. The number of fused-ring (bicyclic) bond motifs is 1. The van der Waals surface area contributed by atoms with E-state index in [1.54, 1.807) is 25.1 Å². The molecule has 0 saturated carbocycles. The van der Waals surface area contributed by atoms with Crippen molar-refractivity contribution in [1.29, 1.82) is 0 Å². The molecule has 1 aliphatic rings. The third kappa shape index (κ3) is 3.92. The fraction of sp³-hybridized carbons (Fsp3) is 0.222. The Morgan fingerprint density at radius 3 is 2.42 bits per heavy atom. The molecule has 0 bridgehead atoms. The Balaban J connectivity index is 1.75. The summed E-state index contributed by atoms with van der Waals surface area (Å²) in [6, 6.07) is 9.56. The quantitative estimate of drug-likeness (QED) is 0.514. The van der Waals surface area contributed by atoms with Crippen molar-refractivity contribution in [2.75, 3.05) is 0 Å². The van der Waals surface area contributed by atoms with Gasteiger partial charge in [0.15, 0.2) is 0 Å². The van der Waals surface area contributed by atoms with Gasteiger partial charge in [-0.3, -0.25) is 0 Å². The molecule has 6 nitrogen and oxygen atoms in total. The summed E-state index contributed by atoms with van der Waals surface area (Å²) in [5.74, 6) is -1.16. The average Bonchev–Trinajstić information content (AvgIpc) is 2.62. The first-order valence-electron chi connectivity index (χ1n) is 7.71. The Morgan fingerprint density at radius 1 is 1.08 bits per heavy atom. The molecule has 8 heteroatoms. The first-order chi connectivity index (χ1) is 12.4. The van der Waals surface area contributed by atoms with Crippen LogP contribution in [0.25, 0.3) is 0 Å². The predicted molar refractivity (Wildman–Crippen MR) is 98.9 cm³/mol. The van der Waals surface area contributed by atoms with Crippen molar-refractivity contribution in [2.45, 2.75) is 25.6 Å².